The average molecular weight is 263 g/mol. The van der Waals surface area contributed by atoms with Crippen LogP contribution in [-0.4, -0.2) is 54.4 Å². The summed E-state index contributed by atoms with van der Waals surface area (Å²) in [5.74, 6) is 3.47. The summed E-state index contributed by atoms with van der Waals surface area (Å²) < 4.78 is 10.6. The number of hydrogen-bond acceptors (Lipinski definition) is 7. The lowest BCUT2D eigenvalue weighted by Gasteiger charge is -2.26. The van der Waals surface area contributed by atoms with E-state index in [9.17, 15) is 0 Å². The molecule has 102 valence electrons. The van der Waals surface area contributed by atoms with Gasteiger partial charge < -0.3 is 19.7 Å². The zero-order chi connectivity index (χ0) is 13.5. The van der Waals surface area contributed by atoms with Gasteiger partial charge in [-0.3, -0.25) is 0 Å². The van der Waals surface area contributed by atoms with Gasteiger partial charge in [0.2, 0.25) is 11.9 Å². The fraction of sp³-hybridized carbons (Fsp3) is 0.583. The SMILES string of the molecule is C#CCOc1nc(NCC)nc(N2CCOCC2)n1. The molecule has 2 rings (SSSR count). The van der Waals surface area contributed by atoms with E-state index in [1.807, 2.05) is 11.8 Å². The predicted octanol–water partition coefficient (Wildman–Crippen LogP) is 0.152. The third-order valence-corrected chi connectivity index (χ3v) is 2.52. The first kappa shape index (κ1) is 13.4. The number of morpholine rings is 1. The van der Waals surface area contributed by atoms with Gasteiger partial charge in [-0.25, -0.2) is 0 Å². The van der Waals surface area contributed by atoms with Crippen LogP contribution in [0.1, 0.15) is 6.92 Å². The summed E-state index contributed by atoms with van der Waals surface area (Å²) in [5.41, 5.74) is 0. The molecule has 0 spiro atoms. The maximum Gasteiger partial charge on any atom is 0.324 e. The molecule has 0 radical (unpaired) electrons. The number of hydrogen-bond donors (Lipinski definition) is 1. The first-order chi connectivity index (χ1) is 9.33. The van der Waals surface area contributed by atoms with Crippen LogP contribution < -0.4 is 15.0 Å². The third-order valence-electron chi connectivity index (χ3n) is 2.52. The van der Waals surface area contributed by atoms with E-state index in [-0.39, 0.29) is 12.6 Å². The number of ether oxygens (including phenoxy) is 2. The quantitative estimate of drug-likeness (QED) is 0.758. The summed E-state index contributed by atoms with van der Waals surface area (Å²) in [5, 5.41) is 3.05. The van der Waals surface area contributed by atoms with Crippen molar-refractivity contribution >= 4 is 11.9 Å². The molecule has 1 aliphatic rings. The molecule has 1 aliphatic heterocycles. The fourth-order valence-electron chi connectivity index (χ4n) is 1.66. The molecule has 2 heterocycles. The second kappa shape index (κ2) is 6.75. The Balaban J connectivity index is 2.19. The molecule has 0 aliphatic carbocycles. The Labute approximate surface area is 112 Å². The Morgan fingerprint density at radius 3 is 2.84 bits per heavy atom. The molecule has 0 saturated carbocycles. The first-order valence-electron chi connectivity index (χ1n) is 6.22. The summed E-state index contributed by atoms with van der Waals surface area (Å²) in [6.45, 7) is 5.68. The maximum absolute atomic E-state index is 5.31. The largest absolute Gasteiger partial charge is 0.450 e. The van der Waals surface area contributed by atoms with E-state index in [4.69, 9.17) is 15.9 Å². The van der Waals surface area contributed by atoms with E-state index < -0.39 is 0 Å². The lowest BCUT2D eigenvalue weighted by atomic mass is 10.4. The minimum atomic E-state index is 0.137. The highest BCUT2D eigenvalue weighted by molar-refractivity contribution is 5.38. The molecule has 7 heteroatoms. The van der Waals surface area contributed by atoms with Crippen LogP contribution in [0.4, 0.5) is 11.9 Å². The van der Waals surface area contributed by atoms with Crippen molar-refractivity contribution in [2.75, 3.05) is 49.7 Å². The molecule has 0 aromatic carbocycles. The molecular weight excluding hydrogens is 246 g/mol. The van der Waals surface area contributed by atoms with Gasteiger partial charge >= 0.3 is 6.01 Å². The van der Waals surface area contributed by atoms with Crippen LogP contribution in [0, 0.1) is 12.3 Å². The fourth-order valence-corrected chi connectivity index (χ4v) is 1.66. The lowest BCUT2D eigenvalue weighted by Crippen LogP contribution is -2.37. The molecule has 19 heavy (non-hydrogen) atoms. The van der Waals surface area contributed by atoms with Crippen molar-refractivity contribution in [3.8, 4) is 18.4 Å². The van der Waals surface area contributed by atoms with Gasteiger partial charge in [-0.05, 0) is 6.92 Å². The summed E-state index contributed by atoms with van der Waals surface area (Å²) in [4.78, 5) is 14.8. The normalized spacial score (nSPS) is 14.8. The molecule has 1 saturated heterocycles. The molecule has 1 aromatic rings. The van der Waals surface area contributed by atoms with Crippen LogP contribution in [0.3, 0.4) is 0 Å². The van der Waals surface area contributed by atoms with Crippen LogP contribution in [0.15, 0.2) is 0 Å². The Bertz CT molecular complexity index is 454. The average Bonchev–Trinajstić information content (AvgIpc) is 2.46. The van der Waals surface area contributed by atoms with Crippen LogP contribution in [0.2, 0.25) is 0 Å². The van der Waals surface area contributed by atoms with E-state index >= 15 is 0 Å². The summed E-state index contributed by atoms with van der Waals surface area (Å²) in [6, 6.07) is 0.241. The standard InChI is InChI=1S/C12H17N5O2/c1-3-7-19-12-15-10(13-4-2)14-11(16-12)17-5-8-18-9-6-17/h1H,4-9H2,2H3,(H,13,14,15,16). The molecular formula is C12H17N5O2. The van der Waals surface area contributed by atoms with Crippen LogP contribution in [0.25, 0.3) is 0 Å². The van der Waals surface area contributed by atoms with Crippen molar-refractivity contribution in [2.45, 2.75) is 6.92 Å². The van der Waals surface area contributed by atoms with E-state index in [1.165, 1.54) is 0 Å². The number of rotatable bonds is 5. The number of aromatic nitrogens is 3. The molecule has 0 amide bonds. The summed E-state index contributed by atoms with van der Waals surface area (Å²) in [6.07, 6.45) is 5.17. The van der Waals surface area contributed by atoms with Crippen LogP contribution >= 0.6 is 0 Å². The van der Waals surface area contributed by atoms with Gasteiger partial charge in [0.25, 0.3) is 0 Å². The maximum atomic E-state index is 5.31. The van der Waals surface area contributed by atoms with E-state index in [2.05, 4.69) is 26.2 Å². The van der Waals surface area contributed by atoms with Gasteiger partial charge in [-0.2, -0.15) is 15.0 Å². The second-order valence-corrected chi connectivity index (χ2v) is 3.86. The van der Waals surface area contributed by atoms with Gasteiger partial charge in [-0.15, -0.1) is 6.42 Å². The highest BCUT2D eigenvalue weighted by Gasteiger charge is 2.16. The monoisotopic (exact) mass is 263 g/mol. The van der Waals surface area contributed by atoms with Crippen molar-refractivity contribution in [1.82, 2.24) is 15.0 Å². The second-order valence-electron chi connectivity index (χ2n) is 3.86. The Hall–Kier alpha value is -2.07. The van der Waals surface area contributed by atoms with Crippen molar-refractivity contribution in [2.24, 2.45) is 0 Å². The van der Waals surface area contributed by atoms with Crippen molar-refractivity contribution in [1.29, 1.82) is 0 Å². The Morgan fingerprint density at radius 1 is 1.37 bits per heavy atom. The topological polar surface area (TPSA) is 72.4 Å². The molecule has 7 nitrogen and oxygen atoms in total. The van der Waals surface area contributed by atoms with E-state index in [0.29, 0.717) is 25.1 Å². The molecule has 0 atom stereocenters. The van der Waals surface area contributed by atoms with Gasteiger partial charge in [0.1, 0.15) is 0 Å². The predicted molar refractivity (Wildman–Crippen MR) is 71.4 cm³/mol. The number of nitrogens with one attached hydrogen (secondary N) is 1. The molecule has 1 aromatic heterocycles. The minimum Gasteiger partial charge on any atom is -0.450 e. The van der Waals surface area contributed by atoms with Crippen molar-refractivity contribution in [3.63, 3.8) is 0 Å². The molecule has 0 unspecified atom stereocenters. The van der Waals surface area contributed by atoms with Gasteiger partial charge in [0.05, 0.1) is 13.2 Å². The number of terminal acetylenes is 1. The Kier molecular flexibility index (Phi) is 4.75. The zero-order valence-corrected chi connectivity index (χ0v) is 10.9. The zero-order valence-electron chi connectivity index (χ0n) is 10.9. The van der Waals surface area contributed by atoms with Crippen molar-refractivity contribution in [3.05, 3.63) is 0 Å². The van der Waals surface area contributed by atoms with Crippen LogP contribution in [-0.2, 0) is 4.74 Å². The van der Waals surface area contributed by atoms with Gasteiger partial charge in [0, 0.05) is 19.6 Å². The number of anilines is 2. The Morgan fingerprint density at radius 2 is 2.16 bits per heavy atom. The van der Waals surface area contributed by atoms with Gasteiger partial charge in [0.15, 0.2) is 6.61 Å². The van der Waals surface area contributed by atoms with Gasteiger partial charge in [-0.1, -0.05) is 5.92 Å². The van der Waals surface area contributed by atoms with E-state index in [1.54, 1.807) is 0 Å². The third kappa shape index (κ3) is 3.69. The summed E-state index contributed by atoms with van der Waals surface area (Å²) in [7, 11) is 0. The molecule has 1 fully saturated rings. The molecule has 1 N–H and O–H groups in total. The highest BCUT2D eigenvalue weighted by atomic mass is 16.5. The van der Waals surface area contributed by atoms with E-state index in [0.717, 1.165) is 19.6 Å². The molecule has 0 bridgehead atoms. The smallest absolute Gasteiger partial charge is 0.324 e. The van der Waals surface area contributed by atoms with Crippen LogP contribution in [0.5, 0.6) is 6.01 Å². The minimum absolute atomic E-state index is 0.137. The lowest BCUT2D eigenvalue weighted by molar-refractivity contribution is 0.122. The summed E-state index contributed by atoms with van der Waals surface area (Å²) >= 11 is 0. The van der Waals surface area contributed by atoms with Crippen molar-refractivity contribution < 1.29 is 9.47 Å². The number of nitrogens with zero attached hydrogens (tertiary/aromatic N) is 4. The highest BCUT2D eigenvalue weighted by Crippen LogP contribution is 2.16. The first-order valence-corrected chi connectivity index (χ1v) is 6.22.